The van der Waals surface area contributed by atoms with E-state index in [1.165, 1.54) is 31.7 Å². The number of hydrogen-bond donors (Lipinski definition) is 0. The van der Waals surface area contributed by atoms with E-state index in [0.29, 0.717) is 22.3 Å². The molecule has 2 unspecified atom stereocenters. The average molecular weight is 363 g/mol. The molecule has 0 fully saturated rings. The summed E-state index contributed by atoms with van der Waals surface area (Å²) in [5, 5.41) is -1.69. The molecule has 9 heteroatoms. The van der Waals surface area contributed by atoms with Gasteiger partial charge in [0.2, 0.25) is 7.85 Å². The standard InChI is InChI=1S/C16H14BF3N3OP/c1-9-5-10(24-16(17,19)20)3-4-11(9)12-6-13-14(15(2,18)25)22-8-23(13)7-21-12/h3-8H,25H2,1-2H3. The summed E-state index contributed by atoms with van der Waals surface area (Å²) < 4.78 is 45.8. The maximum Gasteiger partial charge on any atom is 0.335 e. The van der Waals surface area contributed by atoms with Gasteiger partial charge in [-0.3, -0.25) is 4.40 Å². The Bertz CT molecular complexity index is 935. The molecule has 2 atom stereocenters. The van der Waals surface area contributed by atoms with E-state index in [-0.39, 0.29) is 11.4 Å². The lowest BCUT2D eigenvalue weighted by molar-refractivity contribution is -0.0973. The number of nitrogens with zero attached hydrogens (tertiary/aromatic N) is 3. The highest BCUT2D eigenvalue weighted by molar-refractivity contribution is 7.18. The third kappa shape index (κ3) is 3.79. The van der Waals surface area contributed by atoms with Crippen molar-refractivity contribution < 1.29 is 17.9 Å². The van der Waals surface area contributed by atoms with Gasteiger partial charge >= 0.3 is 6.01 Å². The van der Waals surface area contributed by atoms with Crippen LogP contribution < -0.4 is 4.74 Å². The van der Waals surface area contributed by atoms with Crippen molar-refractivity contribution in [2.45, 2.75) is 25.3 Å². The van der Waals surface area contributed by atoms with Gasteiger partial charge in [-0.15, -0.1) is 0 Å². The van der Waals surface area contributed by atoms with Crippen LogP contribution in [0.4, 0.5) is 13.2 Å². The van der Waals surface area contributed by atoms with Crippen molar-refractivity contribution in [1.82, 2.24) is 14.4 Å². The number of imidazole rings is 1. The maximum absolute atomic E-state index is 14.3. The van der Waals surface area contributed by atoms with Crippen LogP contribution in [0.3, 0.4) is 0 Å². The Hall–Kier alpha value is -2.08. The molecule has 0 spiro atoms. The monoisotopic (exact) mass is 363 g/mol. The van der Waals surface area contributed by atoms with Gasteiger partial charge in [0.1, 0.15) is 24.1 Å². The molecular weight excluding hydrogens is 349 g/mol. The van der Waals surface area contributed by atoms with Gasteiger partial charge in [0.05, 0.1) is 11.2 Å². The Morgan fingerprint density at radius 3 is 2.44 bits per heavy atom. The van der Waals surface area contributed by atoms with E-state index in [2.05, 4.69) is 31.8 Å². The fraction of sp³-hybridized carbons (Fsp3) is 0.250. The van der Waals surface area contributed by atoms with E-state index >= 15 is 0 Å². The van der Waals surface area contributed by atoms with Crippen molar-refractivity contribution in [3.05, 3.63) is 48.2 Å². The zero-order valence-electron chi connectivity index (χ0n) is 13.5. The van der Waals surface area contributed by atoms with Gasteiger partial charge in [0.15, 0.2) is 5.41 Å². The average Bonchev–Trinajstić information content (AvgIpc) is 2.88. The molecule has 0 saturated carbocycles. The van der Waals surface area contributed by atoms with Crippen molar-refractivity contribution in [1.29, 1.82) is 0 Å². The van der Waals surface area contributed by atoms with Crippen LogP contribution in [0.25, 0.3) is 16.8 Å². The normalized spacial score (nSPS) is 14.5. The minimum Gasteiger partial charge on any atom is -0.441 e. The lowest BCUT2D eigenvalue weighted by Crippen LogP contribution is -2.24. The number of rotatable bonds is 4. The van der Waals surface area contributed by atoms with E-state index in [0.717, 1.165) is 0 Å². The summed E-state index contributed by atoms with van der Waals surface area (Å²) in [7, 11) is 6.67. The van der Waals surface area contributed by atoms with Crippen LogP contribution in [0.1, 0.15) is 18.2 Å². The highest BCUT2D eigenvalue weighted by Crippen LogP contribution is 2.35. The second-order valence-corrected chi connectivity index (χ2v) is 6.96. The molecule has 2 aromatic heterocycles. The van der Waals surface area contributed by atoms with Crippen LogP contribution in [0.15, 0.2) is 36.9 Å². The van der Waals surface area contributed by atoms with E-state index < -0.39 is 11.4 Å². The first kappa shape index (κ1) is 17.7. The molecule has 3 rings (SSSR count). The first-order valence-electron chi connectivity index (χ1n) is 7.32. The largest absolute Gasteiger partial charge is 0.441 e. The molecule has 0 aliphatic rings. The van der Waals surface area contributed by atoms with Gasteiger partial charge < -0.3 is 4.74 Å². The Morgan fingerprint density at radius 2 is 1.84 bits per heavy atom. The lowest BCUT2D eigenvalue weighted by atomic mass is 10.0. The molecular formula is C16H14BF3N3OP. The molecule has 0 aliphatic carbocycles. The molecule has 2 heterocycles. The topological polar surface area (TPSA) is 39.4 Å². The van der Waals surface area contributed by atoms with Gasteiger partial charge in [-0.2, -0.15) is 8.78 Å². The van der Waals surface area contributed by atoms with Gasteiger partial charge in [0.25, 0.3) is 0 Å². The Labute approximate surface area is 146 Å². The van der Waals surface area contributed by atoms with Gasteiger partial charge in [-0.25, -0.2) is 14.4 Å². The number of benzene rings is 1. The molecule has 2 radical (unpaired) electrons. The summed E-state index contributed by atoms with van der Waals surface area (Å²) in [6.45, 7) is 3.12. The smallest absolute Gasteiger partial charge is 0.335 e. The zero-order valence-corrected chi connectivity index (χ0v) is 14.7. The predicted molar refractivity (Wildman–Crippen MR) is 92.7 cm³/mol. The first-order chi connectivity index (χ1) is 11.5. The van der Waals surface area contributed by atoms with Crippen molar-refractivity contribution in [2.75, 3.05) is 0 Å². The predicted octanol–water partition coefficient (Wildman–Crippen LogP) is 3.82. The summed E-state index contributed by atoms with van der Waals surface area (Å²) in [5.74, 6) is -0.0545. The molecule has 0 aliphatic heterocycles. The molecule has 1 aromatic carbocycles. The highest BCUT2D eigenvalue weighted by atomic mass is 31.0. The summed E-state index contributed by atoms with van der Waals surface area (Å²) in [6, 6.07) is 2.36. The first-order valence-corrected chi connectivity index (χ1v) is 7.90. The van der Waals surface area contributed by atoms with Crippen LogP contribution in [0.2, 0.25) is 0 Å². The second kappa shape index (κ2) is 6.02. The number of alkyl halides is 3. The van der Waals surface area contributed by atoms with E-state index in [9.17, 15) is 13.2 Å². The molecule has 0 saturated heterocycles. The SMILES string of the molecule is [B]C(F)(F)Oc1ccc(-c2cc3c(C(C)(F)P)ncn3cn2)c(C)c1. The number of hydrogen-bond acceptors (Lipinski definition) is 3. The molecule has 0 amide bonds. The van der Waals surface area contributed by atoms with Crippen molar-refractivity contribution in [2.24, 2.45) is 0 Å². The molecule has 128 valence electrons. The minimum absolute atomic E-state index is 0.0545. The maximum atomic E-state index is 14.3. The molecule has 0 N–H and O–H groups in total. The quantitative estimate of drug-likeness (QED) is 0.523. The fourth-order valence-corrected chi connectivity index (χ4v) is 2.79. The van der Waals surface area contributed by atoms with Crippen LogP contribution in [-0.2, 0) is 5.41 Å². The summed E-state index contributed by atoms with van der Waals surface area (Å²) in [4.78, 5) is 8.41. The Kier molecular flexibility index (Phi) is 4.27. The van der Waals surface area contributed by atoms with E-state index in [1.54, 1.807) is 23.5 Å². The summed E-state index contributed by atoms with van der Waals surface area (Å²) in [6.07, 6.45) is 3.01. The fourth-order valence-electron chi connectivity index (χ4n) is 2.56. The van der Waals surface area contributed by atoms with Crippen LogP contribution in [-0.4, -0.2) is 28.2 Å². The van der Waals surface area contributed by atoms with Crippen LogP contribution in [0.5, 0.6) is 5.75 Å². The number of aromatic nitrogens is 3. The van der Waals surface area contributed by atoms with Crippen molar-refractivity contribution >= 4 is 22.6 Å². The van der Waals surface area contributed by atoms with Gasteiger partial charge in [-0.1, -0.05) is 9.24 Å². The number of aryl methyl sites for hydroxylation is 1. The molecule has 3 aromatic rings. The lowest BCUT2D eigenvalue weighted by Gasteiger charge is -2.15. The number of fused-ring (bicyclic) bond motifs is 1. The van der Waals surface area contributed by atoms with E-state index in [4.69, 9.17) is 0 Å². The molecule has 25 heavy (non-hydrogen) atoms. The molecule has 0 bridgehead atoms. The third-order valence-corrected chi connectivity index (χ3v) is 3.89. The summed E-state index contributed by atoms with van der Waals surface area (Å²) in [5.41, 5.74) is 2.76. The van der Waals surface area contributed by atoms with Crippen LogP contribution >= 0.6 is 9.24 Å². The Morgan fingerprint density at radius 1 is 1.16 bits per heavy atom. The second-order valence-electron chi connectivity index (χ2n) is 5.88. The van der Waals surface area contributed by atoms with Gasteiger partial charge in [0, 0.05) is 5.56 Å². The number of halogens is 3. The van der Waals surface area contributed by atoms with Crippen molar-refractivity contribution in [3.63, 3.8) is 0 Å². The minimum atomic E-state index is -3.75. The summed E-state index contributed by atoms with van der Waals surface area (Å²) >= 11 is 0. The van der Waals surface area contributed by atoms with Crippen LogP contribution in [0, 0.1) is 6.92 Å². The third-order valence-electron chi connectivity index (χ3n) is 3.62. The molecule has 4 nitrogen and oxygen atoms in total. The zero-order chi connectivity index (χ0) is 18.4. The Balaban J connectivity index is 2.04. The van der Waals surface area contributed by atoms with Gasteiger partial charge in [-0.05, 0) is 43.7 Å². The van der Waals surface area contributed by atoms with E-state index in [1.807, 2.05) is 0 Å². The van der Waals surface area contributed by atoms with Crippen molar-refractivity contribution in [3.8, 4) is 17.0 Å². The number of ether oxygens (including phenoxy) is 1. The highest BCUT2D eigenvalue weighted by Gasteiger charge is 2.25.